The molecule has 0 aliphatic heterocycles. The molecule has 0 saturated carbocycles. The van der Waals surface area contributed by atoms with E-state index >= 15 is 0 Å². The van der Waals surface area contributed by atoms with Crippen LogP contribution in [0.3, 0.4) is 0 Å². The van der Waals surface area contributed by atoms with Gasteiger partial charge in [-0.1, -0.05) is 6.07 Å². The number of rotatable bonds is 7. The van der Waals surface area contributed by atoms with Crippen LogP contribution in [-0.2, 0) is 0 Å². The van der Waals surface area contributed by atoms with E-state index in [1.165, 1.54) is 0 Å². The van der Waals surface area contributed by atoms with Crippen molar-refractivity contribution in [3.63, 3.8) is 0 Å². The number of pyridine rings is 1. The lowest BCUT2D eigenvalue weighted by atomic mass is 10.1. The molecule has 0 aliphatic rings. The molecule has 3 rings (SSSR count). The van der Waals surface area contributed by atoms with Crippen molar-refractivity contribution in [2.24, 2.45) is 0 Å². The number of ether oxygens (including phenoxy) is 1. The quantitative estimate of drug-likeness (QED) is 0.653. The number of aromatic nitrogens is 3. The third kappa shape index (κ3) is 3.97. The lowest BCUT2D eigenvalue weighted by Gasteiger charge is -2.17. The fourth-order valence-corrected chi connectivity index (χ4v) is 2.35. The lowest BCUT2D eigenvalue weighted by Crippen LogP contribution is -2.28. The summed E-state index contributed by atoms with van der Waals surface area (Å²) < 4.78 is 5.69. The highest BCUT2D eigenvalue weighted by atomic mass is 16.5. The van der Waals surface area contributed by atoms with E-state index in [1.54, 1.807) is 42.9 Å². The zero-order valence-corrected chi connectivity index (χ0v) is 13.0. The van der Waals surface area contributed by atoms with E-state index in [-0.39, 0.29) is 6.04 Å². The Balaban J connectivity index is 1.57. The van der Waals surface area contributed by atoms with E-state index < -0.39 is 0 Å². The second-order valence-electron chi connectivity index (χ2n) is 5.13. The first kappa shape index (κ1) is 15.7. The van der Waals surface area contributed by atoms with Crippen molar-refractivity contribution in [3.8, 4) is 11.8 Å². The Labute approximate surface area is 140 Å². The van der Waals surface area contributed by atoms with Crippen LogP contribution >= 0.6 is 0 Å². The Morgan fingerprint density at radius 2 is 2.08 bits per heavy atom. The van der Waals surface area contributed by atoms with E-state index in [2.05, 4.69) is 26.3 Å². The van der Waals surface area contributed by atoms with Gasteiger partial charge in [-0.2, -0.15) is 5.26 Å². The lowest BCUT2D eigenvalue weighted by molar-refractivity contribution is 0.308. The molecule has 0 bridgehead atoms. The Bertz CT molecular complexity index is 779. The average molecular weight is 319 g/mol. The van der Waals surface area contributed by atoms with Crippen molar-refractivity contribution in [2.45, 2.75) is 6.04 Å². The monoisotopic (exact) mass is 319 g/mol. The molecule has 0 aliphatic carbocycles. The number of aromatic amines is 1. The molecule has 24 heavy (non-hydrogen) atoms. The smallest absolute Gasteiger partial charge is 0.127 e. The average Bonchev–Trinajstić information content (AvgIpc) is 3.17. The largest absolute Gasteiger partial charge is 0.492 e. The number of H-pyrrole nitrogens is 1. The topological polar surface area (TPSA) is 86.6 Å². The first-order valence-corrected chi connectivity index (χ1v) is 7.62. The molecule has 0 unspecified atom stereocenters. The van der Waals surface area contributed by atoms with Gasteiger partial charge in [-0.15, -0.1) is 0 Å². The van der Waals surface area contributed by atoms with Gasteiger partial charge in [0, 0.05) is 31.3 Å². The molecule has 6 nitrogen and oxygen atoms in total. The maximum absolute atomic E-state index is 8.79. The highest BCUT2D eigenvalue weighted by molar-refractivity contribution is 5.34. The zero-order valence-electron chi connectivity index (χ0n) is 13.0. The molecule has 2 aromatic heterocycles. The van der Waals surface area contributed by atoms with Crippen LogP contribution in [0.25, 0.3) is 0 Å². The fourth-order valence-electron chi connectivity index (χ4n) is 2.35. The van der Waals surface area contributed by atoms with E-state index in [9.17, 15) is 0 Å². The minimum atomic E-state index is -0.0711. The molecule has 0 radical (unpaired) electrons. The number of hydrogen-bond donors (Lipinski definition) is 2. The summed E-state index contributed by atoms with van der Waals surface area (Å²) in [5.74, 6) is 1.58. The van der Waals surface area contributed by atoms with Crippen LogP contribution in [0, 0.1) is 11.3 Å². The van der Waals surface area contributed by atoms with Gasteiger partial charge in [-0.25, -0.2) is 4.98 Å². The first-order chi connectivity index (χ1) is 11.9. The van der Waals surface area contributed by atoms with Crippen molar-refractivity contribution < 1.29 is 4.74 Å². The van der Waals surface area contributed by atoms with Crippen LogP contribution in [-0.4, -0.2) is 28.1 Å². The summed E-state index contributed by atoms with van der Waals surface area (Å²) in [5, 5.41) is 12.2. The minimum absolute atomic E-state index is 0.0711. The van der Waals surface area contributed by atoms with Crippen molar-refractivity contribution in [3.05, 3.63) is 78.1 Å². The molecule has 2 heterocycles. The molecule has 3 aromatic rings. The molecule has 0 spiro atoms. The van der Waals surface area contributed by atoms with Crippen LogP contribution < -0.4 is 10.1 Å². The van der Waals surface area contributed by atoms with E-state index in [1.807, 2.05) is 18.3 Å². The maximum Gasteiger partial charge on any atom is 0.127 e. The second-order valence-corrected chi connectivity index (χ2v) is 5.13. The number of imidazole rings is 1. The molecule has 1 atom stereocenters. The summed E-state index contributed by atoms with van der Waals surface area (Å²) in [6.45, 7) is 1.14. The van der Waals surface area contributed by atoms with Crippen LogP contribution in [0.1, 0.15) is 23.0 Å². The maximum atomic E-state index is 8.79. The van der Waals surface area contributed by atoms with Gasteiger partial charge in [0.05, 0.1) is 17.7 Å². The summed E-state index contributed by atoms with van der Waals surface area (Å²) in [6.07, 6.45) is 7.10. The van der Waals surface area contributed by atoms with Crippen LogP contribution in [0.15, 0.2) is 61.2 Å². The van der Waals surface area contributed by atoms with E-state index in [0.29, 0.717) is 18.7 Å². The molecule has 120 valence electrons. The van der Waals surface area contributed by atoms with Gasteiger partial charge in [0.15, 0.2) is 0 Å². The highest BCUT2D eigenvalue weighted by Gasteiger charge is 2.15. The predicted molar refractivity (Wildman–Crippen MR) is 89.3 cm³/mol. The number of benzene rings is 1. The molecule has 0 saturated heterocycles. The molecular weight excluding hydrogens is 302 g/mol. The minimum Gasteiger partial charge on any atom is -0.492 e. The molecule has 1 aromatic carbocycles. The summed E-state index contributed by atoms with van der Waals surface area (Å²) >= 11 is 0. The van der Waals surface area contributed by atoms with Gasteiger partial charge >= 0.3 is 0 Å². The normalized spacial score (nSPS) is 11.6. The van der Waals surface area contributed by atoms with Gasteiger partial charge in [0.1, 0.15) is 18.2 Å². The Kier molecular flexibility index (Phi) is 5.17. The molecule has 0 amide bonds. The summed E-state index contributed by atoms with van der Waals surface area (Å²) in [4.78, 5) is 11.6. The summed E-state index contributed by atoms with van der Waals surface area (Å²) in [5.41, 5.74) is 1.65. The van der Waals surface area contributed by atoms with Crippen molar-refractivity contribution in [1.29, 1.82) is 5.26 Å². The van der Waals surface area contributed by atoms with Gasteiger partial charge in [-0.3, -0.25) is 4.98 Å². The number of hydrogen-bond acceptors (Lipinski definition) is 5. The predicted octanol–water partition coefficient (Wildman–Crippen LogP) is 2.43. The number of nitriles is 1. The van der Waals surface area contributed by atoms with Gasteiger partial charge in [0.25, 0.3) is 0 Å². The Morgan fingerprint density at radius 1 is 1.21 bits per heavy atom. The van der Waals surface area contributed by atoms with Crippen molar-refractivity contribution in [2.75, 3.05) is 13.2 Å². The zero-order chi connectivity index (χ0) is 16.6. The fraction of sp³-hybridized carbons (Fsp3) is 0.167. The van der Waals surface area contributed by atoms with Crippen LogP contribution in [0.4, 0.5) is 0 Å². The standard InChI is InChI=1S/C18H17N5O/c19-12-14-3-5-16(6-4-14)24-11-10-21-17(18-22-8-9-23-18)15-2-1-7-20-13-15/h1-9,13,17,21H,10-11H2,(H,22,23)/t17-/m1/s1. The number of nitrogens with one attached hydrogen (secondary N) is 2. The van der Waals surface area contributed by atoms with E-state index in [4.69, 9.17) is 10.00 Å². The van der Waals surface area contributed by atoms with Crippen molar-refractivity contribution >= 4 is 0 Å². The summed E-state index contributed by atoms with van der Waals surface area (Å²) in [7, 11) is 0. The third-order valence-electron chi connectivity index (χ3n) is 3.51. The Hall–Kier alpha value is -3.17. The molecule has 0 fully saturated rings. The SMILES string of the molecule is N#Cc1ccc(OCCN[C@H](c2cccnc2)c2ncc[nH]2)cc1. The Morgan fingerprint density at radius 3 is 2.75 bits per heavy atom. The highest BCUT2D eigenvalue weighted by Crippen LogP contribution is 2.17. The molecule has 6 heteroatoms. The third-order valence-corrected chi connectivity index (χ3v) is 3.51. The van der Waals surface area contributed by atoms with Gasteiger partial charge in [-0.05, 0) is 35.9 Å². The van der Waals surface area contributed by atoms with Crippen LogP contribution in [0.2, 0.25) is 0 Å². The molecule has 2 N–H and O–H groups in total. The molecular formula is C18H17N5O. The van der Waals surface area contributed by atoms with Gasteiger partial charge in [0.2, 0.25) is 0 Å². The second kappa shape index (κ2) is 7.90. The first-order valence-electron chi connectivity index (χ1n) is 7.62. The number of nitrogens with zero attached hydrogens (tertiary/aromatic N) is 3. The summed E-state index contributed by atoms with van der Waals surface area (Å²) in [6, 6.07) is 13.0. The van der Waals surface area contributed by atoms with Gasteiger partial charge < -0.3 is 15.0 Å². The van der Waals surface area contributed by atoms with E-state index in [0.717, 1.165) is 17.1 Å². The van der Waals surface area contributed by atoms with Crippen molar-refractivity contribution in [1.82, 2.24) is 20.3 Å². The van der Waals surface area contributed by atoms with Crippen LogP contribution in [0.5, 0.6) is 5.75 Å².